The number of halogens is 2. The summed E-state index contributed by atoms with van der Waals surface area (Å²) in [6.07, 6.45) is 0.894. The fraction of sp³-hybridized carbons (Fsp3) is 0.200. The molecule has 2 nitrogen and oxygen atoms in total. The summed E-state index contributed by atoms with van der Waals surface area (Å²) in [6, 6.07) is 11.6. The van der Waals surface area contributed by atoms with E-state index < -0.39 is 0 Å². The van der Waals surface area contributed by atoms with Crippen LogP contribution in [0.2, 0.25) is 5.02 Å². The molecule has 0 saturated carbocycles. The lowest BCUT2D eigenvalue weighted by molar-refractivity contribution is 0.352. The van der Waals surface area contributed by atoms with Gasteiger partial charge >= 0.3 is 0 Å². The van der Waals surface area contributed by atoms with Gasteiger partial charge in [0.05, 0.1) is 12.6 Å². The van der Waals surface area contributed by atoms with Gasteiger partial charge in [0.25, 0.3) is 0 Å². The van der Waals surface area contributed by atoms with Gasteiger partial charge in [-0.1, -0.05) is 45.7 Å². The summed E-state index contributed by atoms with van der Waals surface area (Å²) in [5.41, 5.74) is 9.51. The van der Waals surface area contributed by atoms with Crippen LogP contribution in [0.1, 0.15) is 22.7 Å². The van der Waals surface area contributed by atoms with E-state index in [4.69, 9.17) is 22.1 Å². The molecule has 1 heterocycles. The Bertz CT molecular complexity index is 630. The summed E-state index contributed by atoms with van der Waals surface area (Å²) >= 11 is 9.72. The van der Waals surface area contributed by atoms with Crippen LogP contribution in [0, 0.1) is 0 Å². The second kappa shape index (κ2) is 5.16. The van der Waals surface area contributed by atoms with Gasteiger partial charge in [-0.3, -0.25) is 0 Å². The van der Waals surface area contributed by atoms with E-state index in [2.05, 4.69) is 15.9 Å². The lowest BCUT2D eigenvalue weighted by Crippen LogP contribution is -2.13. The molecule has 2 aromatic rings. The highest BCUT2D eigenvalue weighted by Gasteiger charge is 2.23. The van der Waals surface area contributed by atoms with Crippen molar-refractivity contribution in [1.29, 1.82) is 0 Å². The first-order valence-electron chi connectivity index (χ1n) is 6.12. The lowest BCUT2D eigenvalue weighted by atomic mass is 9.96. The summed E-state index contributed by atoms with van der Waals surface area (Å²) in [5, 5.41) is 0.710. The predicted molar refractivity (Wildman–Crippen MR) is 80.8 cm³/mol. The SMILES string of the molecule is NC(c1ccccc1Br)c1cc(Cl)cc2c1OCC2. The third-order valence-corrected chi connectivity index (χ3v) is 4.29. The minimum Gasteiger partial charge on any atom is -0.493 e. The van der Waals surface area contributed by atoms with Crippen LogP contribution in [0.15, 0.2) is 40.9 Å². The molecule has 2 N–H and O–H groups in total. The van der Waals surface area contributed by atoms with E-state index in [-0.39, 0.29) is 6.04 Å². The van der Waals surface area contributed by atoms with Crippen molar-refractivity contribution in [1.82, 2.24) is 0 Å². The number of ether oxygens (including phenoxy) is 1. The maximum Gasteiger partial charge on any atom is 0.127 e. The number of benzene rings is 2. The molecule has 0 saturated heterocycles. The van der Waals surface area contributed by atoms with E-state index >= 15 is 0 Å². The fourth-order valence-corrected chi connectivity index (χ4v) is 3.20. The van der Waals surface area contributed by atoms with Crippen molar-refractivity contribution >= 4 is 27.5 Å². The average Bonchev–Trinajstić information content (AvgIpc) is 2.85. The van der Waals surface area contributed by atoms with E-state index in [1.807, 2.05) is 36.4 Å². The van der Waals surface area contributed by atoms with Crippen molar-refractivity contribution in [3.63, 3.8) is 0 Å². The quantitative estimate of drug-likeness (QED) is 0.895. The van der Waals surface area contributed by atoms with Gasteiger partial charge in [0.1, 0.15) is 5.75 Å². The molecule has 1 aliphatic rings. The number of fused-ring (bicyclic) bond motifs is 1. The summed E-state index contributed by atoms with van der Waals surface area (Å²) < 4.78 is 6.71. The fourth-order valence-electron chi connectivity index (χ4n) is 2.42. The molecule has 0 bridgehead atoms. The number of hydrogen-bond donors (Lipinski definition) is 1. The Morgan fingerprint density at radius 3 is 2.79 bits per heavy atom. The maximum atomic E-state index is 6.39. The molecule has 4 heteroatoms. The van der Waals surface area contributed by atoms with E-state index in [9.17, 15) is 0 Å². The normalized spacial score (nSPS) is 14.9. The van der Waals surface area contributed by atoms with E-state index in [0.717, 1.165) is 33.3 Å². The van der Waals surface area contributed by atoms with Crippen molar-refractivity contribution in [3.8, 4) is 5.75 Å². The smallest absolute Gasteiger partial charge is 0.127 e. The van der Waals surface area contributed by atoms with Crippen molar-refractivity contribution in [3.05, 3.63) is 62.6 Å². The Labute approximate surface area is 125 Å². The van der Waals surface area contributed by atoms with E-state index in [1.165, 1.54) is 0 Å². The minimum absolute atomic E-state index is 0.249. The highest BCUT2D eigenvalue weighted by molar-refractivity contribution is 9.10. The Hall–Kier alpha value is -1.03. The van der Waals surface area contributed by atoms with Crippen LogP contribution in [0.4, 0.5) is 0 Å². The predicted octanol–water partition coefficient (Wildman–Crippen LogP) is 4.09. The van der Waals surface area contributed by atoms with E-state index in [0.29, 0.717) is 11.6 Å². The molecule has 0 aromatic heterocycles. The molecule has 0 aliphatic carbocycles. The van der Waals surface area contributed by atoms with Gasteiger partial charge in [0.2, 0.25) is 0 Å². The van der Waals surface area contributed by atoms with Crippen molar-refractivity contribution in [2.75, 3.05) is 6.61 Å². The molecule has 1 unspecified atom stereocenters. The first kappa shape index (κ1) is 13.0. The number of hydrogen-bond acceptors (Lipinski definition) is 2. The van der Waals surface area contributed by atoms with Gasteiger partial charge in [-0.15, -0.1) is 0 Å². The molecule has 0 spiro atoms. The topological polar surface area (TPSA) is 35.2 Å². The first-order chi connectivity index (χ1) is 9.16. The molecular weight excluding hydrogens is 326 g/mol. The van der Waals surface area contributed by atoms with Crippen molar-refractivity contribution < 1.29 is 4.74 Å². The standard InChI is InChI=1S/C15H13BrClNO/c16-13-4-2-1-3-11(13)14(18)12-8-10(17)7-9-5-6-19-15(9)12/h1-4,7-8,14H,5-6,18H2. The number of rotatable bonds is 2. The zero-order valence-electron chi connectivity index (χ0n) is 10.2. The first-order valence-corrected chi connectivity index (χ1v) is 7.29. The van der Waals surface area contributed by atoms with Crippen LogP contribution in [0.5, 0.6) is 5.75 Å². The number of nitrogens with two attached hydrogens (primary N) is 1. The zero-order chi connectivity index (χ0) is 13.4. The Morgan fingerprint density at radius 1 is 1.21 bits per heavy atom. The summed E-state index contributed by atoms with van der Waals surface area (Å²) in [6.45, 7) is 0.700. The van der Waals surface area contributed by atoms with Gasteiger partial charge in [0.15, 0.2) is 0 Å². The molecule has 2 aromatic carbocycles. The van der Waals surface area contributed by atoms with Crippen molar-refractivity contribution in [2.45, 2.75) is 12.5 Å². The van der Waals surface area contributed by atoms with Crippen molar-refractivity contribution in [2.24, 2.45) is 5.73 Å². The molecule has 0 amide bonds. The van der Waals surface area contributed by atoms with Crippen LogP contribution >= 0.6 is 27.5 Å². The average molecular weight is 339 g/mol. The van der Waals surface area contributed by atoms with Gasteiger partial charge in [-0.05, 0) is 29.3 Å². The van der Waals surface area contributed by atoms with Crippen LogP contribution in [-0.2, 0) is 6.42 Å². The third-order valence-electron chi connectivity index (χ3n) is 3.35. The lowest BCUT2D eigenvalue weighted by Gasteiger charge is -2.17. The molecular formula is C15H13BrClNO. The van der Waals surface area contributed by atoms with Crippen LogP contribution in [0.3, 0.4) is 0 Å². The molecule has 0 radical (unpaired) electrons. The Morgan fingerprint density at radius 2 is 2.00 bits per heavy atom. The molecule has 19 heavy (non-hydrogen) atoms. The summed E-state index contributed by atoms with van der Waals surface area (Å²) in [7, 11) is 0. The molecule has 98 valence electrons. The maximum absolute atomic E-state index is 6.39. The Balaban J connectivity index is 2.10. The van der Waals surface area contributed by atoms with Crippen LogP contribution in [0.25, 0.3) is 0 Å². The molecule has 3 rings (SSSR count). The van der Waals surface area contributed by atoms with Gasteiger partial charge < -0.3 is 10.5 Å². The highest BCUT2D eigenvalue weighted by atomic mass is 79.9. The zero-order valence-corrected chi connectivity index (χ0v) is 12.5. The molecule has 0 fully saturated rings. The monoisotopic (exact) mass is 337 g/mol. The summed E-state index contributed by atoms with van der Waals surface area (Å²) in [5.74, 6) is 0.896. The molecule has 1 atom stereocenters. The second-order valence-electron chi connectivity index (χ2n) is 4.58. The highest BCUT2D eigenvalue weighted by Crippen LogP contribution is 2.38. The third kappa shape index (κ3) is 2.38. The van der Waals surface area contributed by atoms with E-state index in [1.54, 1.807) is 0 Å². The largest absolute Gasteiger partial charge is 0.493 e. The van der Waals surface area contributed by atoms with Gasteiger partial charge in [0, 0.05) is 21.5 Å². The second-order valence-corrected chi connectivity index (χ2v) is 5.87. The minimum atomic E-state index is -0.249. The van der Waals surface area contributed by atoms with Crippen LogP contribution in [-0.4, -0.2) is 6.61 Å². The Kier molecular flexibility index (Phi) is 3.52. The van der Waals surface area contributed by atoms with Gasteiger partial charge in [-0.25, -0.2) is 0 Å². The summed E-state index contributed by atoms with van der Waals surface area (Å²) in [4.78, 5) is 0. The van der Waals surface area contributed by atoms with Crippen LogP contribution < -0.4 is 10.5 Å². The molecule has 1 aliphatic heterocycles. The van der Waals surface area contributed by atoms with Gasteiger partial charge in [-0.2, -0.15) is 0 Å².